The normalized spacial score (nSPS) is 15.9. The summed E-state index contributed by atoms with van der Waals surface area (Å²) in [5, 5.41) is 16.5. The SMILES string of the molecule is Cn1nncc1C(C)(O)C=O. The molecule has 11 heavy (non-hydrogen) atoms. The van der Waals surface area contributed by atoms with Crippen LogP contribution in [0.25, 0.3) is 0 Å². The highest BCUT2D eigenvalue weighted by molar-refractivity contribution is 5.63. The fourth-order valence-electron chi connectivity index (χ4n) is 0.808. The third-order valence-electron chi connectivity index (χ3n) is 1.46. The number of aldehydes is 1. The van der Waals surface area contributed by atoms with Gasteiger partial charge in [0.1, 0.15) is 0 Å². The maximum Gasteiger partial charge on any atom is 0.160 e. The van der Waals surface area contributed by atoms with Crippen molar-refractivity contribution in [3.8, 4) is 0 Å². The first-order valence-electron chi connectivity index (χ1n) is 3.12. The van der Waals surface area contributed by atoms with Crippen molar-refractivity contribution in [2.75, 3.05) is 0 Å². The first-order chi connectivity index (χ1) is 5.08. The number of hydrogen-bond acceptors (Lipinski definition) is 4. The van der Waals surface area contributed by atoms with Crippen LogP contribution >= 0.6 is 0 Å². The van der Waals surface area contributed by atoms with E-state index in [-0.39, 0.29) is 0 Å². The van der Waals surface area contributed by atoms with Gasteiger partial charge in [-0.05, 0) is 6.92 Å². The molecule has 0 fully saturated rings. The molecule has 1 N–H and O–H groups in total. The summed E-state index contributed by atoms with van der Waals surface area (Å²) in [5.74, 6) is 0. The highest BCUT2D eigenvalue weighted by atomic mass is 16.3. The van der Waals surface area contributed by atoms with Gasteiger partial charge in [-0.3, -0.25) is 4.79 Å². The van der Waals surface area contributed by atoms with Gasteiger partial charge in [-0.25, -0.2) is 4.68 Å². The van der Waals surface area contributed by atoms with Gasteiger partial charge in [0.15, 0.2) is 11.9 Å². The number of carbonyl (C=O) groups excluding carboxylic acids is 1. The van der Waals surface area contributed by atoms with Crippen LogP contribution in [0, 0.1) is 0 Å². The van der Waals surface area contributed by atoms with Crippen molar-refractivity contribution in [1.82, 2.24) is 15.0 Å². The molecule has 5 heteroatoms. The summed E-state index contributed by atoms with van der Waals surface area (Å²) in [6, 6.07) is 0. The second kappa shape index (κ2) is 2.43. The van der Waals surface area contributed by atoms with E-state index in [9.17, 15) is 9.90 Å². The Morgan fingerprint density at radius 1 is 1.82 bits per heavy atom. The zero-order valence-electron chi connectivity index (χ0n) is 6.35. The highest BCUT2D eigenvalue weighted by Crippen LogP contribution is 2.14. The van der Waals surface area contributed by atoms with Crippen LogP contribution in [0.5, 0.6) is 0 Å². The quantitative estimate of drug-likeness (QED) is 0.569. The number of carbonyl (C=O) groups is 1. The third kappa shape index (κ3) is 1.27. The molecule has 1 heterocycles. The van der Waals surface area contributed by atoms with E-state index in [1.54, 1.807) is 7.05 Å². The van der Waals surface area contributed by atoms with Crippen molar-refractivity contribution in [2.45, 2.75) is 12.5 Å². The number of nitrogens with zero attached hydrogens (tertiary/aromatic N) is 3. The molecule has 0 spiro atoms. The zero-order valence-corrected chi connectivity index (χ0v) is 6.35. The molecule has 0 aliphatic rings. The van der Waals surface area contributed by atoms with Gasteiger partial charge in [0.25, 0.3) is 0 Å². The van der Waals surface area contributed by atoms with Crippen LogP contribution in [0.1, 0.15) is 12.6 Å². The van der Waals surface area contributed by atoms with Crippen molar-refractivity contribution >= 4 is 6.29 Å². The maximum absolute atomic E-state index is 10.4. The Morgan fingerprint density at radius 2 is 2.45 bits per heavy atom. The van der Waals surface area contributed by atoms with Crippen molar-refractivity contribution in [3.63, 3.8) is 0 Å². The second-order valence-corrected chi connectivity index (χ2v) is 2.51. The standard InChI is InChI=1S/C6H9N3O2/c1-6(11,4-10)5-3-7-8-9(5)2/h3-4,11H,1-2H3. The van der Waals surface area contributed by atoms with E-state index in [1.165, 1.54) is 17.8 Å². The Morgan fingerprint density at radius 3 is 2.82 bits per heavy atom. The number of aliphatic hydroxyl groups is 1. The van der Waals surface area contributed by atoms with Crippen molar-refractivity contribution in [3.05, 3.63) is 11.9 Å². The summed E-state index contributed by atoms with van der Waals surface area (Å²) in [4.78, 5) is 10.4. The van der Waals surface area contributed by atoms with Crippen LogP contribution in [-0.2, 0) is 17.4 Å². The van der Waals surface area contributed by atoms with Gasteiger partial charge < -0.3 is 5.11 Å². The fourth-order valence-corrected chi connectivity index (χ4v) is 0.808. The van der Waals surface area contributed by atoms with Crippen molar-refractivity contribution in [1.29, 1.82) is 0 Å². The summed E-state index contributed by atoms with van der Waals surface area (Å²) >= 11 is 0. The minimum absolute atomic E-state index is 0.382. The minimum Gasteiger partial charge on any atom is -0.376 e. The van der Waals surface area contributed by atoms with Crippen LogP contribution in [-0.4, -0.2) is 26.4 Å². The highest BCUT2D eigenvalue weighted by Gasteiger charge is 2.25. The van der Waals surface area contributed by atoms with E-state index in [0.29, 0.717) is 12.0 Å². The lowest BCUT2D eigenvalue weighted by Gasteiger charge is -2.13. The molecule has 0 bridgehead atoms. The van der Waals surface area contributed by atoms with Crippen LogP contribution in [0.4, 0.5) is 0 Å². The van der Waals surface area contributed by atoms with Crippen molar-refractivity contribution in [2.24, 2.45) is 7.05 Å². The third-order valence-corrected chi connectivity index (χ3v) is 1.46. The lowest BCUT2D eigenvalue weighted by Crippen LogP contribution is -2.25. The van der Waals surface area contributed by atoms with E-state index < -0.39 is 5.60 Å². The van der Waals surface area contributed by atoms with E-state index in [2.05, 4.69) is 10.3 Å². The molecule has 1 unspecified atom stereocenters. The van der Waals surface area contributed by atoms with Gasteiger partial charge in [-0.15, -0.1) is 5.10 Å². The summed E-state index contributed by atoms with van der Waals surface area (Å²) in [6.45, 7) is 1.39. The van der Waals surface area contributed by atoms with Crippen LogP contribution < -0.4 is 0 Å². The Labute approximate surface area is 63.6 Å². The molecule has 0 aromatic carbocycles. The number of aryl methyl sites for hydroxylation is 1. The molecule has 5 nitrogen and oxygen atoms in total. The monoisotopic (exact) mass is 155 g/mol. The maximum atomic E-state index is 10.4. The molecule has 0 aliphatic heterocycles. The molecule has 1 aromatic heterocycles. The molecule has 0 saturated carbocycles. The van der Waals surface area contributed by atoms with Gasteiger partial charge >= 0.3 is 0 Å². The van der Waals surface area contributed by atoms with Gasteiger partial charge in [0.2, 0.25) is 0 Å². The predicted octanol–water partition coefficient (Wildman–Crippen LogP) is -0.779. The smallest absolute Gasteiger partial charge is 0.160 e. The lowest BCUT2D eigenvalue weighted by molar-refractivity contribution is -0.123. The fraction of sp³-hybridized carbons (Fsp3) is 0.500. The van der Waals surface area contributed by atoms with Gasteiger partial charge in [-0.2, -0.15) is 0 Å². The Bertz CT molecular complexity index is 267. The summed E-state index contributed by atoms with van der Waals surface area (Å²) in [7, 11) is 1.61. The van der Waals surface area contributed by atoms with E-state index in [0.717, 1.165) is 0 Å². The molecular weight excluding hydrogens is 146 g/mol. The average Bonchev–Trinajstić information content (AvgIpc) is 2.36. The Kier molecular flexibility index (Phi) is 1.74. The van der Waals surface area contributed by atoms with Crippen molar-refractivity contribution < 1.29 is 9.90 Å². The Hall–Kier alpha value is -1.23. The number of aromatic nitrogens is 3. The summed E-state index contributed by atoms with van der Waals surface area (Å²) < 4.78 is 1.36. The molecular formula is C6H9N3O2. The first kappa shape index (κ1) is 7.87. The topological polar surface area (TPSA) is 68.0 Å². The molecule has 0 amide bonds. The molecule has 0 radical (unpaired) electrons. The summed E-state index contributed by atoms with van der Waals surface area (Å²) in [5.41, 5.74) is -1.11. The molecule has 1 atom stereocenters. The van der Waals surface area contributed by atoms with Gasteiger partial charge in [0.05, 0.1) is 11.9 Å². The van der Waals surface area contributed by atoms with Crippen LogP contribution in [0.3, 0.4) is 0 Å². The van der Waals surface area contributed by atoms with Crippen LogP contribution in [0.15, 0.2) is 6.20 Å². The zero-order chi connectivity index (χ0) is 8.48. The van der Waals surface area contributed by atoms with Crippen LogP contribution in [0.2, 0.25) is 0 Å². The molecule has 1 aromatic rings. The first-order valence-corrected chi connectivity index (χ1v) is 3.12. The largest absolute Gasteiger partial charge is 0.376 e. The average molecular weight is 155 g/mol. The predicted molar refractivity (Wildman–Crippen MR) is 36.6 cm³/mol. The molecule has 1 rings (SSSR count). The molecule has 0 aliphatic carbocycles. The van der Waals surface area contributed by atoms with E-state index in [4.69, 9.17) is 0 Å². The molecule has 60 valence electrons. The Balaban J connectivity index is 3.10. The number of rotatable bonds is 2. The molecule has 0 saturated heterocycles. The summed E-state index contributed by atoms with van der Waals surface area (Å²) in [6.07, 6.45) is 1.81. The number of hydrogen-bond donors (Lipinski definition) is 1. The minimum atomic E-state index is -1.49. The van der Waals surface area contributed by atoms with Gasteiger partial charge in [0, 0.05) is 7.05 Å². The van der Waals surface area contributed by atoms with E-state index >= 15 is 0 Å². The second-order valence-electron chi connectivity index (χ2n) is 2.51. The van der Waals surface area contributed by atoms with E-state index in [1.807, 2.05) is 0 Å². The lowest BCUT2D eigenvalue weighted by atomic mass is 10.1. The van der Waals surface area contributed by atoms with Gasteiger partial charge in [-0.1, -0.05) is 5.21 Å².